The van der Waals surface area contributed by atoms with Crippen molar-refractivity contribution < 1.29 is 23.9 Å². The van der Waals surface area contributed by atoms with Gasteiger partial charge in [0.1, 0.15) is 23.9 Å². The molecule has 3 aromatic carbocycles. The van der Waals surface area contributed by atoms with Gasteiger partial charge in [-0.15, -0.1) is 0 Å². The summed E-state index contributed by atoms with van der Waals surface area (Å²) >= 11 is 0. The van der Waals surface area contributed by atoms with Crippen molar-refractivity contribution in [3.63, 3.8) is 0 Å². The monoisotopic (exact) mass is 476 g/mol. The van der Waals surface area contributed by atoms with Gasteiger partial charge in [-0.2, -0.15) is 0 Å². The van der Waals surface area contributed by atoms with Crippen molar-refractivity contribution in [1.82, 2.24) is 4.90 Å². The molecular formula is C27H28N2O6. The maximum absolute atomic E-state index is 13.5. The summed E-state index contributed by atoms with van der Waals surface area (Å²) in [4.78, 5) is 26.0. The quantitative estimate of drug-likeness (QED) is 0.327. The summed E-state index contributed by atoms with van der Waals surface area (Å²) in [5, 5.41) is 11.2. The Bertz CT molecular complexity index is 1210. The lowest BCUT2D eigenvalue weighted by atomic mass is 9.92. The van der Waals surface area contributed by atoms with Crippen LogP contribution < -0.4 is 14.2 Å². The van der Waals surface area contributed by atoms with E-state index in [2.05, 4.69) is 0 Å². The molecule has 0 N–H and O–H groups in total. The zero-order valence-electron chi connectivity index (χ0n) is 20.0. The Hall–Kier alpha value is -4.07. The second-order valence-corrected chi connectivity index (χ2v) is 8.59. The van der Waals surface area contributed by atoms with E-state index in [1.54, 1.807) is 18.1 Å². The van der Waals surface area contributed by atoms with Crippen LogP contribution in [0, 0.1) is 10.1 Å². The highest BCUT2D eigenvalue weighted by Crippen LogP contribution is 2.34. The molecular weight excluding hydrogens is 448 g/mol. The fraction of sp³-hybridized carbons (Fsp3) is 0.296. The molecule has 0 bridgehead atoms. The van der Waals surface area contributed by atoms with Crippen molar-refractivity contribution in [2.24, 2.45) is 0 Å². The van der Waals surface area contributed by atoms with Crippen molar-refractivity contribution in [2.75, 3.05) is 20.3 Å². The van der Waals surface area contributed by atoms with Crippen LogP contribution in [0.3, 0.4) is 0 Å². The number of nitrogens with zero attached hydrogens (tertiary/aromatic N) is 2. The first-order chi connectivity index (χ1) is 16.9. The van der Waals surface area contributed by atoms with E-state index in [4.69, 9.17) is 14.2 Å². The molecule has 182 valence electrons. The Morgan fingerprint density at radius 2 is 1.77 bits per heavy atom. The fourth-order valence-electron chi connectivity index (χ4n) is 4.22. The van der Waals surface area contributed by atoms with E-state index >= 15 is 0 Å². The highest BCUT2D eigenvalue weighted by molar-refractivity contribution is 5.95. The molecule has 1 atom stereocenters. The number of fused-ring (bicyclic) bond motifs is 1. The Labute approximate surface area is 204 Å². The lowest BCUT2D eigenvalue weighted by Crippen LogP contribution is -2.42. The molecule has 3 aromatic rings. The lowest BCUT2D eigenvalue weighted by molar-refractivity contribution is -0.384. The highest BCUT2D eigenvalue weighted by Gasteiger charge is 2.33. The van der Waals surface area contributed by atoms with E-state index in [0.29, 0.717) is 18.7 Å². The lowest BCUT2D eigenvalue weighted by Gasteiger charge is -2.37. The molecule has 0 radical (unpaired) electrons. The molecule has 1 amide bonds. The van der Waals surface area contributed by atoms with Gasteiger partial charge in [-0.1, -0.05) is 12.1 Å². The van der Waals surface area contributed by atoms with Gasteiger partial charge in [-0.05, 0) is 73.9 Å². The summed E-state index contributed by atoms with van der Waals surface area (Å²) in [6, 6.07) is 18.6. The number of benzene rings is 3. The Morgan fingerprint density at radius 3 is 2.46 bits per heavy atom. The van der Waals surface area contributed by atoms with Crippen molar-refractivity contribution >= 4 is 11.6 Å². The average Bonchev–Trinajstić information content (AvgIpc) is 2.86. The summed E-state index contributed by atoms with van der Waals surface area (Å²) in [5.74, 6) is 1.89. The van der Waals surface area contributed by atoms with Crippen LogP contribution >= 0.6 is 0 Å². The molecule has 0 fully saturated rings. The van der Waals surface area contributed by atoms with Crippen LogP contribution in [-0.2, 0) is 6.42 Å². The van der Waals surface area contributed by atoms with Crippen molar-refractivity contribution in [1.29, 1.82) is 0 Å². The smallest absolute Gasteiger partial charge is 0.270 e. The standard InChI is InChI=1S/C27H28N2O6/c1-18(2)35-24-11-12-25-19(16-24)13-14-28(27(30)20-5-4-6-21(15-20)29(31)32)26(25)17-34-23-9-7-22(33-3)8-10-23/h4-12,15-16,18,26H,13-14,17H2,1-3H3. The first kappa shape index (κ1) is 24.1. The second kappa shape index (κ2) is 10.5. The van der Waals surface area contributed by atoms with Gasteiger partial charge in [0, 0.05) is 24.2 Å². The van der Waals surface area contributed by atoms with Gasteiger partial charge >= 0.3 is 0 Å². The molecule has 0 saturated heterocycles. The molecule has 0 spiro atoms. The van der Waals surface area contributed by atoms with Crippen molar-refractivity contribution in [3.8, 4) is 17.2 Å². The van der Waals surface area contributed by atoms with Gasteiger partial charge in [0.05, 0.1) is 24.2 Å². The molecule has 0 aromatic heterocycles. The molecule has 35 heavy (non-hydrogen) atoms. The van der Waals surface area contributed by atoms with Crippen LogP contribution in [0.25, 0.3) is 0 Å². The van der Waals surface area contributed by atoms with Crippen LogP contribution in [0.1, 0.15) is 41.4 Å². The number of hydrogen-bond donors (Lipinski definition) is 0. The minimum absolute atomic E-state index is 0.0535. The van der Waals surface area contributed by atoms with Crippen molar-refractivity contribution in [3.05, 3.63) is 93.5 Å². The topological polar surface area (TPSA) is 91.1 Å². The zero-order chi connectivity index (χ0) is 24.9. The van der Waals surface area contributed by atoms with Gasteiger partial charge in [0.25, 0.3) is 11.6 Å². The second-order valence-electron chi connectivity index (χ2n) is 8.59. The highest BCUT2D eigenvalue weighted by atomic mass is 16.6. The molecule has 0 saturated carbocycles. The number of carbonyl (C=O) groups is 1. The normalized spacial score (nSPS) is 14.9. The Balaban J connectivity index is 1.64. The number of nitro groups is 1. The van der Waals surface area contributed by atoms with Crippen LogP contribution in [0.4, 0.5) is 5.69 Å². The number of amides is 1. The summed E-state index contributed by atoms with van der Waals surface area (Å²) in [5.41, 5.74) is 2.22. The maximum Gasteiger partial charge on any atom is 0.270 e. The predicted octanol–water partition coefficient (Wildman–Crippen LogP) is 5.21. The van der Waals surface area contributed by atoms with Crippen LogP contribution in [0.15, 0.2) is 66.7 Å². The van der Waals surface area contributed by atoms with Gasteiger partial charge in [-0.25, -0.2) is 0 Å². The number of carbonyl (C=O) groups excluding carboxylic acids is 1. The summed E-state index contributed by atoms with van der Waals surface area (Å²) in [7, 11) is 1.60. The maximum atomic E-state index is 13.5. The van der Waals surface area contributed by atoms with E-state index < -0.39 is 4.92 Å². The summed E-state index contributed by atoms with van der Waals surface area (Å²) in [6.07, 6.45) is 0.697. The van der Waals surface area contributed by atoms with E-state index in [9.17, 15) is 14.9 Å². The average molecular weight is 477 g/mol. The first-order valence-corrected chi connectivity index (χ1v) is 11.5. The molecule has 1 aliphatic rings. The van der Waals surface area contributed by atoms with E-state index in [1.165, 1.54) is 18.2 Å². The number of hydrogen-bond acceptors (Lipinski definition) is 6. The van der Waals surface area contributed by atoms with E-state index in [1.807, 2.05) is 56.3 Å². The summed E-state index contributed by atoms with van der Waals surface area (Å²) < 4.78 is 17.1. The number of ether oxygens (including phenoxy) is 3. The van der Waals surface area contributed by atoms with Crippen LogP contribution in [0.2, 0.25) is 0 Å². The minimum atomic E-state index is -0.497. The molecule has 1 unspecified atom stereocenters. The predicted molar refractivity (Wildman–Crippen MR) is 131 cm³/mol. The van der Waals surface area contributed by atoms with Gasteiger partial charge in [0.2, 0.25) is 0 Å². The molecule has 4 rings (SSSR count). The first-order valence-electron chi connectivity index (χ1n) is 11.5. The molecule has 8 nitrogen and oxygen atoms in total. The van der Waals surface area contributed by atoms with Crippen LogP contribution in [0.5, 0.6) is 17.2 Å². The third-order valence-electron chi connectivity index (χ3n) is 5.88. The third-order valence-corrected chi connectivity index (χ3v) is 5.88. The number of nitro benzene ring substituents is 1. The number of rotatable bonds is 8. The van der Waals surface area contributed by atoms with Gasteiger partial charge in [0.15, 0.2) is 0 Å². The number of non-ortho nitro benzene ring substituents is 1. The van der Waals surface area contributed by atoms with Crippen LogP contribution in [-0.4, -0.2) is 42.1 Å². The minimum Gasteiger partial charge on any atom is -0.497 e. The Kier molecular flexibility index (Phi) is 7.19. The molecule has 1 aliphatic heterocycles. The van der Waals surface area contributed by atoms with E-state index in [-0.39, 0.29) is 35.9 Å². The van der Waals surface area contributed by atoms with Gasteiger partial charge < -0.3 is 19.1 Å². The summed E-state index contributed by atoms with van der Waals surface area (Å²) in [6.45, 7) is 4.63. The molecule has 0 aliphatic carbocycles. The largest absolute Gasteiger partial charge is 0.497 e. The van der Waals surface area contributed by atoms with Crippen molar-refractivity contribution in [2.45, 2.75) is 32.4 Å². The van der Waals surface area contributed by atoms with E-state index in [0.717, 1.165) is 22.6 Å². The number of methoxy groups -OCH3 is 1. The fourth-order valence-corrected chi connectivity index (χ4v) is 4.22. The Morgan fingerprint density at radius 1 is 1.06 bits per heavy atom. The SMILES string of the molecule is COc1ccc(OCC2c3ccc(OC(C)C)cc3CCN2C(=O)c2cccc([N+](=O)[O-])c2)cc1. The third kappa shape index (κ3) is 5.54. The molecule has 1 heterocycles. The van der Waals surface area contributed by atoms with Gasteiger partial charge in [-0.3, -0.25) is 14.9 Å². The zero-order valence-corrected chi connectivity index (χ0v) is 20.0. The molecule has 8 heteroatoms.